The number of hydrogen-bond donors (Lipinski definition) is 2. The van der Waals surface area contributed by atoms with Crippen LogP contribution in [0.1, 0.15) is 20.3 Å². The molecule has 1 aliphatic rings. The van der Waals surface area contributed by atoms with E-state index in [4.69, 9.17) is 4.74 Å². The number of nitrogens with one attached hydrogen (secondary N) is 2. The van der Waals surface area contributed by atoms with Gasteiger partial charge in [-0.15, -0.1) is 0 Å². The van der Waals surface area contributed by atoms with Crippen molar-refractivity contribution in [3.05, 3.63) is 24.3 Å². The Bertz CT molecular complexity index is 603. The quantitative estimate of drug-likeness (QED) is 0.725. The van der Waals surface area contributed by atoms with Crippen molar-refractivity contribution >= 4 is 23.4 Å². The van der Waals surface area contributed by atoms with Crippen LogP contribution in [0, 0.1) is 0 Å². The summed E-state index contributed by atoms with van der Waals surface area (Å²) in [6, 6.07) is 6.41. The maximum atomic E-state index is 12.1. The zero-order valence-electron chi connectivity index (χ0n) is 13.3. The van der Waals surface area contributed by atoms with Crippen LogP contribution in [0.15, 0.2) is 24.3 Å². The summed E-state index contributed by atoms with van der Waals surface area (Å²) in [5.41, 5.74) is 0.669. The predicted octanol–water partition coefficient (Wildman–Crippen LogP) is 0.761. The molecule has 1 unspecified atom stereocenters. The number of carbonyl (C=O) groups is 3. The Hall–Kier alpha value is -2.57. The molecule has 2 N–H and O–H groups in total. The molecule has 1 aromatic rings. The minimum atomic E-state index is -0.555. The Balaban J connectivity index is 1.96. The highest BCUT2D eigenvalue weighted by molar-refractivity contribution is 6.06. The predicted molar refractivity (Wildman–Crippen MR) is 85.0 cm³/mol. The molecule has 0 aliphatic carbocycles. The first kappa shape index (κ1) is 16.8. The van der Waals surface area contributed by atoms with E-state index < -0.39 is 6.04 Å². The average Bonchev–Trinajstić information content (AvgIpc) is 2.79. The highest BCUT2D eigenvalue weighted by Crippen LogP contribution is 2.21. The molecular formula is C16H21N3O4. The average molecular weight is 319 g/mol. The number of rotatable bonds is 7. The maximum Gasteiger partial charge on any atom is 0.257 e. The minimum absolute atomic E-state index is 0.0677. The molecule has 124 valence electrons. The summed E-state index contributed by atoms with van der Waals surface area (Å²) in [7, 11) is 0. The van der Waals surface area contributed by atoms with Crippen LogP contribution < -0.4 is 15.4 Å². The number of likely N-dealkylation sites (tertiary alicyclic amines) is 1. The molecular weight excluding hydrogens is 298 g/mol. The van der Waals surface area contributed by atoms with E-state index in [2.05, 4.69) is 10.6 Å². The number of carbonyl (C=O) groups excluding carboxylic acids is 3. The van der Waals surface area contributed by atoms with Crippen molar-refractivity contribution in [3.8, 4) is 5.75 Å². The van der Waals surface area contributed by atoms with Gasteiger partial charge in [0.2, 0.25) is 5.91 Å². The molecule has 7 heteroatoms. The summed E-state index contributed by atoms with van der Waals surface area (Å²) in [5, 5.41) is 5.69. The lowest BCUT2D eigenvalue weighted by atomic mass is 10.2. The third kappa shape index (κ3) is 4.21. The summed E-state index contributed by atoms with van der Waals surface area (Å²) in [5.74, 6) is -0.0591. The lowest BCUT2D eigenvalue weighted by Crippen LogP contribution is -2.34. The number of hydrogen-bond acceptors (Lipinski definition) is 5. The molecule has 0 radical (unpaired) electrons. The maximum absolute atomic E-state index is 12.1. The Morgan fingerprint density at radius 3 is 2.78 bits per heavy atom. The fraction of sp³-hybridized carbons (Fsp3) is 0.438. The number of benzene rings is 1. The zero-order chi connectivity index (χ0) is 16.8. The number of amides is 3. The standard InChI is InChI=1S/C16H21N3O4/c1-3-17-14(20)10-23-12-7-5-6-11(8-12)18-13-9-15(21)19(4-2)16(13)22/h5-8,13,18H,3-4,9-10H2,1-2H3,(H,17,20). The Labute approximate surface area is 135 Å². The molecule has 1 saturated heterocycles. The number of likely N-dealkylation sites (N-methyl/N-ethyl adjacent to an activating group) is 2. The van der Waals surface area contributed by atoms with E-state index in [0.29, 0.717) is 24.5 Å². The Morgan fingerprint density at radius 2 is 2.13 bits per heavy atom. The molecule has 1 aromatic carbocycles. The lowest BCUT2D eigenvalue weighted by molar-refractivity contribution is -0.138. The van der Waals surface area contributed by atoms with Crippen molar-refractivity contribution in [2.24, 2.45) is 0 Å². The molecule has 23 heavy (non-hydrogen) atoms. The van der Waals surface area contributed by atoms with Crippen LogP contribution >= 0.6 is 0 Å². The van der Waals surface area contributed by atoms with Crippen molar-refractivity contribution < 1.29 is 19.1 Å². The molecule has 0 aromatic heterocycles. The topological polar surface area (TPSA) is 87.7 Å². The molecule has 0 spiro atoms. The lowest BCUT2D eigenvalue weighted by Gasteiger charge is -2.15. The van der Waals surface area contributed by atoms with Gasteiger partial charge in [0.05, 0.1) is 6.42 Å². The second-order valence-electron chi connectivity index (χ2n) is 5.15. The zero-order valence-corrected chi connectivity index (χ0v) is 13.3. The van der Waals surface area contributed by atoms with E-state index in [1.165, 1.54) is 4.90 Å². The van der Waals surface area contributed by atoms with Crippen LogP contribution in [0.25, 0.3) is 0 Å². The largest absolute Gasteiger partial charge is 0.484 e. The van der Waals surface area contributed by atoms with Crippen molar-refractivity contribution in [2.45, 2.75) is 26.3 Å². The van der Waals surface area contributed by atoms with E-state index in [1.807, 2.05) is 6.92 Å². The van der Waals surface area contributed by atoms with Gasteiger partial charge in [0, 0.05) is 24.8 Å². The Kier molecular flexibility index (Phi) is 5.56. The minimum Gasteiger partial charge on any atom is -0.484 e. The Morgan fingerprint density at radius 1 is 1.35 bits per heavy atom. The second-order valence-corrected chi connectivity index (χ2v) is 5.15. The van der Waals surface area contributed by atoms with Crippen LogP contribution in [0.3, 0.4) is 0 Å². The molecule has 0 bridgehead atoms. The van der Waals surface area contributed by atoms with Crippen molar-refractivity contribution in [3.63, 3.8) is 0 Å². The van der Waals surface area contributed by atoms with Gasteiger partial charge in [0.15, 0.2) is 6.61 Å². The smallest absolute Gasteiger partial charge is 0.257 e. The fourth-order valence-corrected chi connectivity index (χ4v) is 2.40. The molecule has 3 amide bonds. The molecule has 2 rings (SSSR count). The number of anilines is 1. The molecule has 1 aliphatic heterocycles. The van der Waals surface area contributed by atoms with Crippen molar-refractivity contribution in [1.29, 1.82) is 0 Å². The van der Waals surface area contributed by atoms with E-state index >= 15 is 0 Å². The highest BCUT2D eigenvalue weighted by Gasteiger charge is 2.37. The van der Waals surface area contributed by atoms with E-state index in [0.717, 1.165) is 0 Å². The van der Waals surface area contributed by atoms with Crippen LogP contribution in [0.4, 0.5) is 5.69 Å². The molecule has 1 fully saturated rings. The second kappa shape index (κ2) is 7.62. The summed E-state index contributed by atoms with van der Waals surface area (Å²) in [6.07, 6.45) is 0.149. The third-order valence-electron chi connectivity index (χ3n) is 3.48. The first-order valence-corrected chi connectivity index (χ1v) is 7.65. The highest BCUT2D eigenvalue weighted by atomic mass is 16.5. The van der Waals surface area contributed by atoms with Crippen LogP contribution in [0.2, 0.25) is 0 Å². The number of ether oxygens (including phenoxy) is 1. The molecule has 1 heterocycles. The van der Waals surface area contributed by atoms with Gasteiger partial charge in [-0.3, -0.25) is 19.3 Å². The van der Waals surface area contributed by atoms with Gasteiger partial charge in [0.1, 0.15) is 11.8 Å². The van der Waals surface area contributed by atoms with Gasteiger partial charge in [-0.2, -0.15) is 0 Å². The first-order chi connectivity index (χ1) is 11.0. The SMILES string of the molecule is CCNC(=O)COc1cccc(NC2CC(=O)N(CC)C2=O)c1. The molecule has 0 saturated carbocycles. The summed E-state index contributed by atoms with van der Waals surface area (Å²) >= 11 is 0. The van der Waals surface area contributed by atoms with E-state index in [9.17, 15) is 14.4 Å². The number of nitrogens with zero attached hydrogens (tertiary/aromatic N) is 1. The number of imide groups is 1. The van der Waals surface area contributed by atoms with Gasteiger partial charge in [0.25, 0.3) is 11.8 Å². The van der Waals surface area contributed by atoms with Gasteiger partial charge >= 0.3 is 0 Å². The van der Waals surface area contributed by atoms with E-state index in [-0.39, 0.29) is 30.7 Å². The monoisotopic (exact) mass is 319 g/mol. The van der Waals surface area contributed by atoms with Crippen LogP contribution in [-0.4, -0.2) is 48.4 Å². The van der Waals surface area contributed by atoms with Gasteiger partial charge in [-0.05, 0) is 26.0 Å². The van der Waals surface area contributed by atoms with Gasteiger partial charge in [-0.25, -0.2) is 0 Å². The fourth-order valence-electron chi connectivity index (χ4n) is 2.40. The first-order valence-electron chi connectivity index (χ1n) is 7.65. The normalized spacial score (nSPS) is 17.3. The van der Waals surface area contributed by atoms with Crippen LogP contribution in [0.5, 0.6) is 5.75 Å². The van der Waals surface area contributed by atoms with E-state index in [1.54, 1.807) is 31.2 Å². The summed E-state index contributed by atoms with van der Waals surface area (Å²) < 4.78 is 5.40. The van der Waals surface area contributed by atoms with Gasteiger partial charge < -0.3 is 15.4 Å². The third-order valence-corrected chi connectivity index (χ3v) is 3.48. The van der Waals surface area contributed by atoms with Crippen molar-refractivity contribution in [1.82, 2.24) is 10.2 Å². The molecule has 1 atom stereocenters. The molecule has 7 nitrogen and oxygen atoms in total. The van der Waals surface area contributed by atoms with Crippen molar-refractivity contribution in [2.75, 3.05) is 25.0 Å². The summed E-state index contributed by atoms with van der Waals surface area (Å²) in [4.78, 5) is 36.4. The van der Waals surface area contributed by atoms with Crippen LogP contribution in [-0.2, 0) is 14.4 Å². The summed E-state index contributed by atoms with van der Waals surface area (Å²) in [6.45, 7) is 4.47. The van der Waals surface area contributed by atoms with Gasteiger partial charge in [-0.1, -0.05) is 6.07 Å².